The molecule has 1 saturated heterocycles. The zero-order valence-electron chi connectivity index (χ0n) is 14.4. The van der Waals surface area contributed by atoms with Gasteiger partial charge in [-0.1, -0.05) is 11.6 Å². The summed E-state index contributed by atoms with van der Waals surface area (Å²) in [5, 5.41) is 1.36. The molecule has 27 heavy (non-hydrogen) atoms. The Kier molecular flexibility index (Phi) is 4.07. The second kappa shape index (κ2) is 6.60. The highest BCUT2D eigenvalue weighted by Crippen LogP contribution is 2.35. The topological polar surface area (TPSA) is 80.3 Å². The molecule has 3 aromatic rings. The summed E-state index contributed by atoms with van der Waals surface area (Å²) in [5.74, 6) is 0.0223. The molecule has 1 atom stereocenters. The van der Waals surface area contributed by atoms with Crippen molar-refractivity contribution in [2.45, 2.75) is 12.5 Å². The van der Waals surface area contributed by atoms with Gasteiger partial charge in [-0.05, 0) is 18.2 Å². The van der Waals surface area contributed by atoms with Crippen LogP contribution in [0.1, 0.15) is 5.69 Å². The van der Waals surface area contributed by atoms with Crippen molar-refractivity contribution in [3.63, 3.8) is 0 Å². The first-order chi connectivity index (χ1) is 13.2. The van der Waals surface area contributed by atoms with Gasteiger partial charge in [-0.2, -0.15) is 0 Å². The Morgan fingerprint density at radius 3 is 3.11 bits per heavy atom. The molecule has 2 aliphatic rings. The molecule has 0 aliphatic carbocycles. The van der Waals surface area contributed by atoms with Crippen LogP contribution in [0.3, 0.4) is 0 Å². The van der Waals surface area contributed by atoms with Gasteiger partial charge in [0, 0.05) is 28.9 Å². The van der Waals surface area contributed by atoms with Crippen molar-refractivity contribution in [2.75, 3.05) is 31.3 Å². The summed E-state index contributed by atoms with van der Waals surface area (Å²) in [7, 11) is 0. The summed E-state index contributed by atoms with van der Waals surface area (Å²) in [6.07, 6.45) is 3.74. The molecular formula is C19H17ClN4O3. The third-order valence-electron chi connectivity index (χ3n) is 4.93. The van der Waals surface area contributed by atoms with E-state index in [-0.39, 0.29) is 12.0 Å². The van der Waals surface area contributed by atoms with E-state index in [9.17, 15) is 4.79 Å². The van der Waals surface area contributed by atoms with Gasteiger partial charge >= 0.3 is 0 Å². The molecule has 2 aliphatic heterocycles. The number of carbonyl (C=O) groups is 1. The fourth-order valence-corrected chi connectivity index (χ4v) is 3.83. The molecule has 3 aromatic heterocycles. The second-order valence-corrected chi connectivity index (χ2v) is 7.04. The predicted octanol–water partition coefficient (Wildman–Crippen LogP) is 2.58. The van der Waals surface area contributed by atoms with Gasteiger partial charge in [-0.25, -0.2) is 4.98 Å². The van der Waals surface area contributed by atoms with Gasteiger partial charge in [0.15, 0.2) is 0 Å². The van der Waals surface area contributed by atoms with Gasteiger partial charge in [-0.3, -0.25) is 9.78 Å². The Morgan fingerprint density at radius 2 is 2.26 bits per heavy atom. The lowest BCUT2D eigenvalue weighted by atomic mass is 10.1. The normalized spacial score (nSPS) is 19.7. The molecule has 0 aromatic carbocycles. The molecule has 5 heterocycles. The standard InChI is InChI=1S/C19H17ClN4O3/c20-18-14(5-11-1-2-21-19(11)23-18)12-6-16-15(22-8-12)7-17(25)24(16)9-13-10-26-3-4-27-13/h1-2,5-6,8,13H,3-4,7,9-10H2,(H,21,23)/t13-/m0/s1. The summed E-state index contributed by atoms with van der Waals surface area (Å²) in [6.45, 7) is 2.10. The van der Waals surface area contributed by atoms with Crippen molar-refractivity contribution in [2.24, 2.45) is 0 Å². The monoisotopic (exact) mass is 384 g/mol. The molecule has 0 unspecified atom stereocenters. The number of amides is 1. The van der Waals surface area contributed by atoms with Gasteiger partial charge in [-0.15, -0.1) is 0 Å². The quantitative estimate of drug-likeness (QED) is 0.702. The lowest BCUT2D eigenvalue weighted by molar-refractivity contribution is -0.119. The maximum Gasteiger partial charge on any atom is 0.233 e. The fourth-order valence-electron chi connectivity index (χ4n) is 3.58. The first kappa shape index (κ1) is 16.7. The number of nitrogens with zero attached hydrogens (tertiary/aromatic N) is 3. The van der Waals surface area contributed by atoms with Crippen LogP contribution in [0.4, 0.5) is 5.69 Å². The minimum Gasteiger partial charge on any atom is -0.376 e. The average molecular weight is 385 g/mol. The van der Waals surface area contributed by atoms with Crippen LogP contribution >= 0.6 is 11.6 Å². The highest BCUT2D eigenvalue weighted by molar-refractivity contribution is 6.32. The SMILES string of the molecule is O=C1Cc2ncc(-c3cc4cc[nH]c4nc3Cl)cc2N1C[C@H]1COCCO1. The number of aromatic amines is 1. The Labute approximate surface area is 160 Å². The largest absolute Gasteiger partial charge is 0.376 e. The van der Waals surface area contributed by atoms with Gasteiger partial charge in [0.1, 0.15) is 10.8 Å². The number of hydrogen-bond acceptors (Lipinski definition) is 5. The highest BCUT2D eigenvalue weighted by atomic mass is 35.5. The van der Waals surface area contributed by atoms with Gasteiger partial charge in [0.25, 0.3) is 0 Å². The van der Waals surface area contributed by atoms with Crippen LogP contribution in [0.15, 0.2) is 30.6 Å². The van der Waals surface area contributed by atoms with E-state index in [0.29, 0.717) is 37.9 Å². The zero-order valence-corrected chi connectivity index (χ0v) is 15.2. The molecule has 0 bridgehead atoms. The van der Waals surface area contributed by atoms with E-state index < -0.39 is 0 Å². The minimum atomic E-state index is -0.126. The predicted molar refractivity (Wildman–Crippen MR) is 101 cm³/mol. The number of carbonyl (C=O) groups excluding carboxylic acids is 1. The van der Waals surface area contributed by atoms with Crippen LogP contribution in [-0.2, 0) is 20.7 Å². The summed E-state index contributed by atoms with van der Waals surface area (Å²) < 4.78 is 11.2. The number of H-pyrrole nitrogens is 1. The van der Waals surface area contributed by atoms with E-state index in [1.165, 1.54) is 0 Å². The molecular weight excluding hydrogens is 368 g/mol. The van der Waals surface area contributed by atoms with Crippen LogP contribution in [-0.4, -0.2) is 53.3 Å². The number of fused-ring (bicyclic) bond motifs is 2. The first-order valence-electron chi connectivity index (χ1n) is 8.81. The second-order valence-electron chi connectivity index (χ2n) is 6.68. The zero-order chi connectivity index (χ0) is 18.4. The molecule has 1 amide bonds. The summed E-state index contributed by atoms with van der Waals surface area (Å²) in [4.78, 5) is 26.2. The van der Waals surface area contributed by atoms with Gasteiger partial charge < -0.3 is 19.4 Å². The van der Waals surface area contributed by atoms with Gasteiger partial charge in [0.2, 0.25) is 5.91 Å². The van der Waals surface area contributed by atoms with Gasteiger partial charge in [0.05, 0.1) is 50.3 Å². The maximum absolute atomic E-state index is 12.5. The first-order valence-corrected chi connectivity index (χ1v) is 9.19. The van der Waals surface area contributed by atoms with Crippen molar-refractivity contribution >= 4 is 34.2 Å². The third kappa shape index (κ3) is 2.97. The van der Waals surface area contributed by atoms with Crippen molar-refractivity contribution < 1.29 is 14.3 Å². The van der Waals surface area contributed by atoms with Crippen molar-refractivity contribution in [1.29, 1.82) is 0 Å². The number of ether oxygens (including phenoxy) is 2. The number of aromatic nitrogens is 3. The maximum atomic E-state index is 12.5. The molecule has 0 saturated carbocycles. The van der Waals surface area contributed by atoms with Crippen LogP contribution in [0.5, 0.6) is 0 Å². The Balaban J connectivity index is 1.51. The van der Waals surface area contributed by atoms with Crippen molar-refractivity contribution in [3.8, 4) is 11.1 Å². The van der Waals surface area contributed by atoms with E-state index in [1.54, 1.807) is 11.1 Å². The van der Waals surface area contributed by atoms with Crippen molar-refractivity contribution in [3.05, 3.63) is 41.4 Å². The summed E-state index contributed by atoms with van der Waals surface area (Å²) >= 11 is 6.39. The minimum absolute atomic E-state index is 0.0223. The van der Waals surface area contributed by atoms with Crippen LogP contribution in [0, 0.1) is 0 Å². The molecule has 1 fully saturated rings. The number of nitrogens with one attached hydrogen (secondary N) is 1. The number of anilines is 1. The fraction of sp³-hybridized carbons (Fsp3) is 0.316. The molecule has 1 N–H and O–H groups in total. The van der Waals surface area contributed by atoms with E-state index in [2.05, 4.69) is 15.0 Å². The number of hydrogen-bond donors (Lipinski definition) is 1. The number of halogens is 1. The lowest BCUT2D eigenvalue weighted by Crippen LogP contribution is -2.41. The third-order valence-corrected chi connectivity index (χ3v) is 5.22. The van der Waals surface area contributed by atoms with E-state index in [4.69, 9.17) is 21.1 Å². The molecule has 7 nitrogen and oxygen atoms in total. The molecule has 138 valence electrons. The number of pyridine rings is 2. The molecule has 5 rings (SSSR count). The average Bonchev–Trinajstić information content (AvgIpc) is 3.25. The Morgan fingerprint density at radius 1 is 1.33 bits per heavy atom. The molecule has 8 heteroatoms. The lowest BCUT2D eigenvalue weighted by Gasteiger charge is -2.27. The summed E-state index contributed by atoms with van der Waals surface area (Å²) in [6, 6.07) is 5.88. The Hall–Kier alpha value is -2.48. The van der Waals surface area contributed by atoms with E-state index in [0.717, 1.165) is 33.5 Å². The van der Waals surface area contributed by atoms with E-state index >= 15 is 0 Å². The van der Waals surface area contributed by atoms with Crippen LogP contribution < -0.4 is 4.90 Å². The summed E-state index contributed by atoms with van der Waals surface area (Å²) in [5.41, 5.74) is 3.93. The van der Waals surface area contributed by atoms with Crippen LogP contribution in [0.2, 0.25) is 5.15 Å². The Bertz CT molecular complexity index is 1030. The smallest absolute Gasteiger partial charge is 0.233 e. The van der Waals surface area contributed by atoms with Crippen molar-refractivity contribution in [1.82, 2.24) is 15.0 Å². The highest BCUT2D eigenvalue weighted by Gasteiger charge is 2.32. The molecule has 0 radical (unpaired) electrons. The van der Waals surface area contributed by atoms with E-state index in [1.807, 2.05) is 24.4 Å². The molecule has 0 spiro atoms. The van der Waals surface area contributed by atoms with Crippen LogP contribution in [0.25, 0.3) is 22.2 Å². The number of rotatable bonds is 3.